The zero-order valence-electron chi connectivity index (χ0n) is 10.5. The molecule has 1 rings (SSSR count). The highest BCUT2D eigenvalue weighted by Gasteiger charge is 2.09. The van der Waals surface area contributed by atoms with Gasteiger partial charge in [0.1, 0.15) is 5.82 Å². The highest BCUT2D eigenvalue weighted by atomic mass is 19.1. The fourth-order valence-electron chi connectivity index (χ4n) is 1.94. The van der Waals surface area contributed by atoms with E-state index in [9.17, 15) is 4.39 Å². The molecule has 0 aliphatic heterocycles. The Morgan fingerprint density at radius 2 is 2.24 bits per heavy atom. The molecule has 2 unspecified atom stereocenters. The first-order valence-corrected chi connectivity index (χ1v) is 6.09. The Balaban J connectivity index is 2.49. The minimum atomic E-state index is -0.176. The highest BCUT2D eigenvalue weighted by Crippen LogP contribution is 2.08. The summed E-state index contributed by atoms with van der Waals surface area (Å²) < 4.78 is 13.0. The van der Waals surface area contributed by atoms with Gasteiger partial charge in [-0.3, -0.25) is 0 Å². The highest BCUT2D eigenvalue weighted by molar-refractivity contribution is 5.17. The molecular weight excluding hydrogens is 213 g/mol. The van der Waals surface area contributed by atoms with E-state index in [1.807, 2.05) is 6.07 Å². The van der Waals surface area contributed by atoms with Crippen LogP contribution in [0, 0.1) is 18.2 Å². The van der Waals surface area contributed by atoms with Crippen LogP contribution in [0.2, 0.25) is 0 Å². The van der Waals surface area contributed by atoms with E-state index < -0.39 is 0 Å². The normalized spacial score (nSPS) is 14.0. The molecule has 2 atom stereocenters. The summed E-state index contributed by atoms with van der Waals surface area (Å²) in [5, 5.41) is 3.47. The maximum Gasteiger partial charge on any atom is 0.123 e. The van der Waals surface area contributed by atoms with Gasteiger partial charge in [-0.05, 0) is 37.5 Å². The Morgan fingerprint density at radius 3 is 2.82 bits per heavy atom. The molecule has 0 bridgehead atoms. The van der Waals surface area contributed by atoms with E-state index in [4.69, 9.17) is 6.42 Å². The van der Waals surface area contributed by atoms with Crippen LogP contribution in [-0.4, -0.2) is 12.1 Å². The lowest BCUT2D eigenvalue weighted by Gasteiger charge is -2.20. The van der Waals surface area contributed by atoms with Crippen molar-refractivity contribution in [2.45, 2.75) is 45.2 Å². The molecule has 0 saturated carbocycles. The molecule has 0 radical (unpaired) electrons. The predicted octanol–water partition coefficient (Wildman–Crippen LogP) is 3.15. The third-order valence-corrected chi connectivity index (χ3v) is 2.81. The lowest BCUT2D eigenvalue weighted by Crippen LogP contribution is -2.37. The summed E-state index contributed by atoms with van der Waals surface area (Å²) in [6.45, 7) is 4.22. The van der Waals surface area contributed by atoms with E-state index in [-0.39, 0.29) is 5.82 Å². The van der Waals surface area contributed by atoms with Gasteiger partial charge in [-0.25, -0.2) is 4.39 Å². The lowest BCUT2D eigenvalue weighted by molar-refractivity contribution is 0.437. The van der Waals surface area contributed by atoms with Crippen LogP contribution in [-0.2, 0) is 6.42 Å². The summed E-state index contributed by atoms with van der Waals surface area (Å²) in [6.07, 6.45) is 7.88. The van der Waals surface area contributed by atoms with Crippen LogP contribution >= 0.6 is 0 Å². The van der Waals surface area contributed by atoms with Gasteiger partial charge in [0.15, 0.2) is 0 Å². The second kappa shape index (κ2) is 7.09. The van der Waals surface area contributed by atoms with E-state index in [2.05, 4.69) is 25.1 Å². The summed E-state index contributed by atoms with van der Waals surface area (Å²) in [6, 6.07) is 7.40. The van der Waals surface area contributed by atoms with Crippen molar-refractivity contribution in [1.82, 2.24) is 5.32 Å². The SMILES string of the molecule is C#CCC(CC)NC(C)Cc1cccc(F)c1. The fraction of sp³-hybridized carbons (Fsp3) is 0.467. The fourth-order valence-corrected chi connectivity index (χ4v) is 1.94. The van der Waals surface area contributed by atoms with Crippen LogP contribution < -0.4 is 5.32 Å². The number of nitrogens with one attached hydrogen (secondary N) is 1. The third-order valence-electron chi connectivity index (χ3n) is 2.81. The van der Waals surface area contributed by atoms with Crippen molar-refractivity contribution >= 4 is 0 Å². The van der Waals surface area contributed by atoms with Crippen LogP contribution in [0.25, 0.3) is 0 Å². The molecule has 92 valence electrons. The van der Waals surface area contributed by atoms with Crippen LogP contribution in [0.4, 0.5) is 4.39 Å². The number of benzene rings is 1. The van der Waals surface area contributed by atoms with Crippen molar-refractivity contribution in [3.63, 3.8) is 0 Å². The number of hydrogen-bond donors (Lipinski definition) is 1. The molecule has 0 saturated heterocycles. The standard InChI is InChI=1S/C15H20FN/c1-4-7-15(5-2)17-12(3)10-13-8-6-9-14(16)11-13/h1,6,8-9,11-12,15,17H,5,7,10H2,2-3H3. The summed E-state index contributed by atoms with van der Waals surface area (Å²) >= 11 is 0. The van der Waals surface area contributed by atoms with E-state index in [1.54, 1.807) is 12.1 Å². The van der Waals surface area contributed by atoms with Crippen molar-refractivity contribution in [2.75, 3.05) is 0 Å². The van der Waals surface area contributed by atoms with Crippen molar-refractivity contribution < 1.29 is 4.39 Å². The van der Waals surface area contributed by atoms with Crippen LogP contribution in [0.15, 0.2) is 24.3 Å². The first-order chi connectivity index (χ1) is 8.15. The van der Waals surface area contributed by atoms with E-state index >= 15 is 0 Å². The number of hydrogen-bond acceptors (Lipinski definition) is 1. The molecule has 1 N–H and O–H groups in total. The topological polar surface area (TPSA) is 12.0 Å². The average Bonchev–Trinajstić information content (AvgIpc) is 2.28. The van der Waals surface area contributed by atoms with E-state index in [0.717, 1.165) is 24.8 Å². The predicted molar refractivity (Wildman–Crippen MR) is 70.2 cm³/mol. The molecule has 1 nitrogen and oxygen atoms in total. The summed E-state index contributed by atoms with van der Waals surface area (Å²) in [5.74, 6) is 2.50. The molecule has 1 aromatic carbocycles. The van der Waals surface area contributed by atoms with Crippen molar-refractivity contribution in [1.29, 1.82) is 0 Å². The van der Waals surface area contributed by atoms with Crippen LogP contribution in [0.1, 0.15) is 32.3 Å². The maximum atomic E-state index is 13.0. The molecule has 0 heterocycles. The maximum absolute atomic E-state index is 13.0. The smallest absolute Gasteiger partial charge is 0.123 e. The molecule has 2 heteroatoms. The Labute approximate surface area is 103 Å². The molecule has 0 aliphatic carbocycles. The van der Waals surface area contributed by atoms with Crippen LogP contribution in [0.5, 0.6) is 0 Å². The number of terminal acetylenes is 1. The molecule has 0 amide bonds. The van der Waals surface area contributed by atoms with Gasteiger partial charge in [-0.2, -0.15) is 0 Å². The average molecular weight is 233 g/mol. The van der Waals surface area contributed by atoms with Crippen molar-refractivity contribution in [2.24, 2.45) is 0 Å². The zero-order chi connectivity index (χ0) is 12.7. The largest absolute Gasteiger partial charge is 0.310 e. The monoisotopic (exact) mass is 233 g/mol. The third kappa shape index (κ3) is 5.01. The Hall–Kier alpha value is -1.33. The summed E-state index contributed by atoms with van der Waals surface area (Å²) in [4.78, 5) is 0. The number of halogens is 1. The van der Waals surface area contributed by atoms with Gasteiger partial charge in [0, 0.05) is 18.5 Å². The first kappa shape index (κ1) is 13.7. The Bertz CT molecular complexity index is 381. The zero-order valence-corrected chi connectivity index (χ0v) is 10.5. The molecule has 0 aliphatic rings. The molecule has 0 aromatic heterocycles. The van der Waals surface area contributed by atoms with E-state index in [1.165, 1.54) is 6.07 Å². The lowest BCUT2D eigenvalue weighted by atomic mass is 10.0. The molecule has 0 spiro atoms. The Morgan fingerprint density at radius 1 is 1.47 bits per heavy atom. The quantitative estimate of drug-likeness (QED) is 0.744. The molecule has 1 aromatic rings. The number of rotatable bonds is 6. The minimum Gasteiger partial charge on any atom is -0.310 e. The van der Waals surface area contributed by atoms with Gasteiger partial charge >= 0.3 is 0 Å². The minimum absolute atomic E-state index is 0.176. The van der Waals surface area contributed by atoms with E-state index in [0.29, 0.717) is 12.1 Å². The van der Waals surface area contributed by atoms with Gasteiger partial charge in [-0.1, -0.05) is 19.1 Å². The first-order valence-electron chi connectivity index (χ1n) is 6.09. The second-order valence-electron chi connectivity index (χ2n) is 4.42. The molecular formula is C15H20FN. The second-order valence-corrected chi connectivity index (χ2v) is 4.42. The van der Waals surface area contributed by atoms with Crippen molar-refractivity contribution in [3.8, 4) is 12.3 Å². The van der Waals surface area contributed by atoms with Crippen LogP contribution in [0.3, 0.4) is 0 Å². The van der Waals surface area contributed by atoms with Crippen molar-refractivity contribution in [3.05, 3.63) is 35.6 Å². The summed E-state index contributed by atoms with van der Waals surface area (Å²) in [7, 11) is 0. The molecule has 17 heavy (non-hydrogen) atoms. The van der Waals surface area contributed by atoms with Gasteiger partial charge in [0.05, 0.1) is 0 Å². The van der Waals surface area contributed by atoms with Gasteiger partial charge in [-0.15, -0.1) is 12.3 Å². The van der Waals surface area contributed by atoms with Gasteiger partial charge in [0.2, 0.25) is 0 Å². The Kier molecular flexibility index (Phi) is 5.72. The van der Waals surface area contributed by atoms with Gasteiger partial charge in [0.25, 0.3) is 0 Å². The molecule has 0 fully saturated rings. The van der Waals surface area contributed by atoms with Gasteiger partial charge < -0.3 is 5.32 Å². The summed E-state index contributed by atoms with van der Waals surface area (Å²) in [5.41, 5.74) is 1.01.